The second-order valence-electron chi connectivity index (χ2n) is 5.73. The smallest absolute Gasteiger partial charge is 0.0185 e. The molecule has 0 aromatic rings. The van der Waals surface area contributed by atoms with Gasteiger partial charge in [0.25, 0.3) is 0 Å². The zero-order valence-corrected chi connectivity index (χ0v) is 11.1. The van der Waals surface area contributed by atoms with Crippen LogP contribution < -0.4 is 0 Å². The van der Waals surface area contributed by atoms with E-state index in [2.05, 4.69) is 59.4 Å². The van der Waals surface area contributed by atoms with E-state index in [0.717, 1.165) is 0 Å². The quantitative estimate of drug-likeness (QED) is 0.434. The Morgan fingerprint density at radius 2 is 1.50 bits per heavy atom. The van der Waals surface area contributed by atoms with Crippen molar-refractivity contribution in [3.8, 4) is 0 Å². The zero-order chi connectivity index (χ0) is 11.0. The minimum Gasteiger partial charge on any atom is -0.112 e. The molecule has 0 nitrogen and oxygen atoms in total. The fourth-order valence-electron chi connectivity index (χ4n) is 2.19. The molecule has 0 fully saturated rings. The Balaban J connectivity index is 3.08. The van der Waals surface area contributed by atoms with Crippen LogP contribution in [0.3, 0.4) is 0 Å². The molecular weight excluding hydrogens is 187 g/mol. The van der Waals surface area contributed by atoms with Crippen LogP contribution in [0.2, 0.25) is 0 Å². The van der Waals surface area contributed by atoms with Crippen molar-refractivity contribution in [2.75, 3.05) is 0 Å². The van der Waals surface area contributed by atoms with Gasteiger partial charge in [0.05, 0.1) is 0 Å². The summed E-state index contributed by atoms with van der Waals surface area (Å²) >= 11 is 0. The van der Waals surface area contributed by atoms with E-state index in [-0.39, 0.29) is 7.92 Å². The lowest BCUT2D eigenvalue weighted by atomic mass is 10.2. The Labute approximate surface area is 89.5 Å². The summed E-state index contributed by atoms with van der Waals surface area (Å²) in [7, 11) is -0.156. The van der Waals surface area contributed by atoms with E-state index in [4.69, 9.17) is 0 Å². The van der Waals surface area contributed by atoms with Crippen LogP contribution in [0, 0.1) is 0 Å². The fraction of sp³-hybridized carbons (Fsp3) is 0.615. The van der Waals surface area contributed by atoms with Crippen molar-refractivity contribution in [2.24, 2.45) is 0 Å². The molecule has 1 aliphatic rings. The molecule has 1 aliphatic carbocycles. The second-order valence-corrected chi connectivity index (χ2v) is 9.57. The normalized spacial score (nSPS) is 16.6. The Morgan fingerprint density at radius 3 is 1.79 bits per heavy atom. The fourth-order valence-corrected chi connectivity index (χ4v) is 6.09. The lowest BCUT2D eigenvalue weighted by Gasteiger charge is -2.41. The van der Waals surface area contributed by atoms with E-state index in [1.807, 2.05) is 6.08 Å². The molecule has 14 heavy (non-hydrogen) atoms. The first-order valence-corrected chi connectivity index (χ1v) is 6.51. The average molecular weight is 208 g/mol. The minimum absolute atomic E-state index is 0.156. The summed E-state index contributed by atoms with van der Waals surface area (Å²) in [6.07, 6.45) is 6.35. The van der Waals surface area contributed by atoms with Gasteiger partial charge in [0, 0.05) is 5.31 Å². The highest BCUT2D eigenvalue weighted by molar-refractivity contribution is 7.65. The molecule has 0 aromatic carbocycles. The monoisotopic (exact) mass is 208 g/mol. The Kier molecular flexibility index (Phi) is 3.10. The third kappa shape index (κ3) is 2.59. The van der Waals surface area contributed by atoms with Gasteiger partial charge < -0.3 is 0 Å². The Hall–Kier alpha value is -0.310. The van der Waals surface area contributed by atoms with Crippen LogP contribution in [-0.4, -0.2) is 10.3 Å². The van der Waals surface area contributed by atoms with E-state index in [1.54, 1.807) is 0 Å². The van der Waals surface area contributed by atoms with Crippen LogP contribution in [0.5, 0.6) is 0 Å². The summed E-state index contributed by atoms with van der Waals surface area (Å²) in [6, 6.07) is 0. The molecule has 0 heterocycles. The molecule has 0 amide bonds. The van der Waals surface area contributed by atoms with Gasteiger partial charge in [-0.2, -0.15) is 0 Å². The molecule has 0 radical (unpaired) electrons. The largest absolute Gasteiger partial charge is 0.112 e. The summed E-state index contributed by atoms with van der Waals surface area (Å²) in [5.41, 5.74) is 3.38. The van der Waals surface area contributed by atoms with E-state index in [0.29, 0.717) is 10.3 Å². The van der Waals surface area contributed by atoms with Crippen molar-refractivity contribution < 1.29 is 0 Å². The van der Waals surface area contributed by atoms with E-state index in [1.165, 1.54) is 5.31 Å². The average Bonchev–Trinajstić information content (AvgIpc) is 2.31. The summed E-state index contributed by atoms with van der Waals surface area (Å²) in [4.78, 5) is 0. The van der Waals surface area contributed by atoms with Gasteiger partial charge in [-0.25, -0.2) is 0 Å². The molecule has 0 aromatic heterocycles. The molecule has 0 spiro atoms. The molecule has 0 unspecified atom stereocenters. The zero-order valence-electron chi connectivity index (χ0n) is 10.2. The SMILES string of the molecule is CC(C)(C)P(C1=C=CC=C1)C(C)(C)C. The highest BCUT2D eigenvalue weighted by atomic mass is 31.1. The number of rotatable bonds is 1. The highest BCUT2D eigenvalue weighted by Gasteiger charge is 2.36. The van der Waals surface area contributed by atoms with Gasteiger partial charge in [-0.05, 0) is 22.5 Å². The molecule has 78 valence electrons. The number of hydrogen-bond donors (Lipinski definition) is 0. The van der Waals surface area contributed by atoms with Crippen LogP contribution in [0.4, 0.5) is 0 Å². The van der Waals surface area contributed by atoms with E-state index < -0.39 is 0 Å². The predicted octanol–water partition coefficient (Wildman–Crippen LogP) is 4.67. The predicted molar refractivity (Wildman–Crippen MR) is 67.2 cm³/mol. The highest BCUT2D eigenvalue weighted by Crippen LogP contribution is 2.65. The van der Waals surface area contributed by atoms with Crippen LogP contribution in [0.1, 0.15) is 41.5 Å². The van der Waals surface area contributed by atoms with Crippen molar-refractivity contribution in [2.45, 2.75) is 51.9 Å². The summed E-state index contributed by atoms with van der Waals surface area (Å²) in [5.74, 6) is 0. The van der Waals surface area contributed by atoms with Crippen molar-refractivity contribution in [3.05, 3.63) is 29.3 Å². The molecular formula is C13H21P. The van der Waals surface area contributed by atoms with E-state index in [9.17, 15) is 0 Å². The first kappa shape index (κ1) is 11.8. The first-order chi connectivity index (χ1) is 6.23. The standard InChI is InChI=1S/C13H21P/c1-12(2,3)14(13(4,5)6)11-9-7-8-10-11/h7-9H,1-6H3. The Morgan fingerprint density at radius 1 is 1.00 bits per heavy atom. The second kappa shape index (κ2) is 3.69. The van der Waals surface area contributed by atoms with Crippen LogP contribution >= 0.6 is 7.92 Å². The topological polar surface area (TPSA) is 0 Å². The first-order valence-electron chi connectivity index (χ1n) is 5.16. The number of hydrogen-bond acceptors (Lipinski definition) is 0. The maximum Gasteiger partial charge on any atom is 0.0185 e. The lowest BCUT2D eigenvalue weighted by Crippen LogP contribution is -2.25. The molecule has 0 atom stereocenters. The van der Waals surface area contributed by atoms with Crippen LogP contribution in [0.25, 0.3) is 0 Å². The van der Waals surface area contributed by atoms with Gasteiger partial charge in [0.15, 0.2) is 0 Å². The summed E-state index contributed by atoms with van der Waals surface area (Å²) < 4.78 is 0. The molecule has 0 saturated carbocycles. The van der Waals surface area contributed by atoms with Crippen molar-refractivity contribution >= 4 is 7.92 Å². The van der Waals surface area contributed by atoms with Gasteiger partial charge >= 0.3 is 0 Å². The van der Waals surface area contributed by atoms with Gasteiger partial charge in [-0.15, -0.1) is 5.73 Å². The molecule has 0 aliphatic heterocycles. The van der Waals surface area contributed by atoms with Crippen LogP contribution in [0.15, 0.2) is 29.3 Å². The molecule has 1 rings (SSSR count). The van der Waals surface area contributed by atoms with E-state index >= 15 is 0 Å². The van der Waals surface area contributed by atoms with Gasteiger partial charge in [0.2, 0.25) is 0 Å². The van der Waals surface area contributed by atoms with Gasteiger partial charge in [-0.1, -0.05) is 55.5 Å². The molecule has 0 bridgehead atoms. The molecule has 0 N–H and O–H groups in total. The Bertz CT molecular complexity index is 287. The van der Waals surface area contributed by atoms with Crippen LogP contribution in [-0.2, 0) is 0 Å². The minimum atomic E-state index is -0.156. The lowest BCUT2D eigenvalue weighted by molar-refractivity contribution is 0.712. The van der Waals surface area contributed by atoms with Crippen molar-refractivity contribution in [3.63, 3.8) is 0 Å². The van der Waals surface area contributed by atoms with Gasteiger partial charge in [0.1, 0.15) is 0 Å². The third-order valence-electron chi connectivity index (χ3n) is 2.16. The van der Waals surface area contributed by atoms with Crippen molar-refractivity contribution in [1.82, 2.24) is 0 Å². The van der Waals surface area contributed by atoms with Crippen molar-refractivity contribution in [1.29, 1.82) is 0 Å². The maximum absolute atomic E-state index is 3.38. The third-order valence-corrected chi connectivity index (χ3v) is 5.61. The summed E-state index contributed by atoms with van der Waals surface area (Å²) in [6.45, 7) is 14.0. The molecule has 1 heteroatoms. The summed E-state index contributed by atoms with van der Waals surface area (Å²) in [5, 5.41) is 2.14. The maximum atomic E-state index is 3.38. The molecule has 0 saturated heterocycles. The van der Waals surface area contributed by atoms with Gasteiger partial charge in [-0.3, -0.25) is 0 Å². The number of allylic oxidation sites excluding steroid dienone is 3.